The lowest BCUT2D eigenvalue weighted by molar-refractivity contribution is -0.144. The largest absolute Gasteiger partial charge is 0.466 e. The van der Waals surface area contributed by atoms with Crippen molar-refractivity contribution in [3.63, 3.8) is 0 Å². The van der Waals surface area contributed by atoms with E-state index in [4.69, 9.17) is 10.00 Å². The van der Waals surface area contributed by atoms with Gasteiger partial charge in [-0.3, -0.25) is 4.79 Å². The maximum atomic E-state index is 11.2. The second-order valence-electron chi connectivity index (χ2n) is 3.79. The molecule has 1 aliphatic carbocycles. The minimum atomic E-state index is -0.153. The number of esters is 1. The third-order valence-electron chi connectivity index (χ3n) is 2.81. The van der Waals surface area contributed by atoms with Gasteiger partial charge in [-0.15, -0.1) is 0 Å². The highest BCUT2D eigenvalue weighted by Gasteiger charge is 2.27. The number of hydrogen-bond acceptors (Lipinski definition) is 3. The molecule has 0 bridgehead atoms. The highest BCUT2D eigenvalue weighted by Crippen LogP contribution is 2.31. The molecule has 3 nitrogen and oxygen atoms in total. The number of nitriles is 1. The van der Waals surface area contributed by atoms with Crippen LogP contribution in [-0.2, 0) is 9.53 Å². The van der Waals surface area contributed by atoms with Gasteiger partial charge < -0.3 is 4.74 Å². The lowest BCUT2D eigenvalue weighted by atomic mass is 9.78. The maximum absolute atomic E-state index is 11.2. The monoisotopic (exact) mass is 195 g/mol. The molecular weight excluding hydrogens is 178 g/mol. The molecular formula is C11H17NO2. The number of ether oxygens (including phenoxy) is 1. The van der Waals surface area contributed by atoms with Crippen molar-refractivity contribution in [2.24, 2.45) is 11.8 Å². The van der Waals surface area contributed by atoms with Crippen LogP contribution in [0.1, 0.15) is 39.0 Å². The molecule has 1 saturated carbocycles. The molecule has 0 spiro atoms. The van der Waals surface area contributed by atoms with Crippen molar-refractivity contribution in [2.75, 3.05) is 6.61 Å². The number of hydrogen-bond donors (Lipinski definition) is 0. The first kappa shape index (κ1) is 11.0. The molecule has 0 aromatic rings. The zero-order chi connectivity index (χ0) is 10.4. The van der Waals surface area contributed by atoms with Crippen LogP contribution in [0.15, 0.2) is 0 Å². The van der Waals surface area contributed by atoms with Crippen LogP contribution in [0, 0.1) is 23.2 Å². The lowest BCUT2D eigenvalue weighted by Gasteiger charge is -2.25. The Hall–Kier alpha value is -1.04. The van der Waals surface area contributed by atoms with Gasteiger partial charge in [-0.2, -0.15) is 5.26 Å². The molecule has 2 atom stereocenters. The van der Waals surface area contributed by atoms with E-state index in [0.717, 1.165) is 25.7 Å². The topological polar surface area (TPSA) is 50.1 Å². The molecule has 2 unspecified atom stereocenters. The lowest BCUT2D eigenvalue weighted by Crippen LogP contribution is -2.22. The predicted octanol–water partition coefficient (Wildman–Crippen LogP) is 2.27. The Labute approximate surface area is 85.1 Å². The van der Waals surface area contributed by atoms with E-state index in [1.165, 1.54) is 0 Å². The standard InChI is InChI=1S/C11H17NO2/c1-2-14-11(13)7-9-5-3-4-6-10(9)8-12/h9-10H,2-7H2,1H3. The summed E-state index contributed by atoms with van der Waals surface area (Å²) in [6.45, 7) is 2.24. The highest BCUT2D eigenvalue weighted by molar-refractivity contribution is 5.69. The molecule has 0 amide bonds. The number of rotatable bonds is 3. The smallest absolute Gasteiger partial charge is 0.306 e. The van der Waals surface area contributed by atoms with Crippen LogP contribution in [0.25, 0.3) is 0 Å². The van der Waals surface area contributed by atoms with Crippen LogP contribution in [0.5, 0.6) is 0 Å². The first-order chi connectivity index (χ1) is 6.77. The number of nitrogens with zero attached hydrogens (tertiary/aromatic N) is 1. The van der Waals surface area contributed by atoms with Crippen LogP contribution in [0.4, 0.5) is 0 Å². The fourth-order valence-corrected chi connectivity index (χ4v) is 2.06. The SMILES string of the molecule is CCOC(=O)CC1CCCCC1C#N. The highest BCUT2D eigenvalue weighted by atomic mass is 16.5. The van der Waals surface area contributed by atoms with Crippen LogP contribution >= 0.6 is 0 Å². The van der Waals surface area contributed by atoms with Gasteiger partial charge in [0.05, 0.1) is 12.7 Å². The minimum absolute atomic E-state index is 0.0631. The van der Waals surface area contributed by atoms with E-state index in [0.29, 0.717) is 13.0 Å². The third kappa shape index (κ3) is 3.02. The van der Waals surface area contributed by atoms with Gasteiger partial charge in [-0.25, -0.2) is 0 Å². The van der Waals surface area contributed by atoms with E-state index in [1.54, 1.807) is 6.92 Å². The van der Waals surface area contributed by atoms with Gasteiger partial charge in [-0.1, -0.05) is 12.8 Å². The number of carbonyl (C=O) groups excluding carboxylic acids is 1. The van der Waals surface area contributed by atoms with Crippen LogP contribution < -0.4 is 0 Å². The van der Waals surface area contributed by atoms with Gasteiger partial charge in [0.1, 0.15) is 0 Å². The molecule has 1 fully saturated rings. The van der Waals surface area contributed by atoms with Crippen molar-refractivity contribution in [1.82, 2.24) is 0 Å². The summed E-state index contributed by atoms with van der Waals surface area (Å²) in [5.74, 6) is 0.139. The molecule has 1 aliphatic rings. The Balaban J connectivity index is 2.41. The first-order valence-electron chi connectivity index (χ1n) is 5.33. The molecule has 0 aromatic heterocycles. The summed E-state index contributed by atoms with van der Waals surface area (Å²) in [7, 11) is 0. The van der Waals surface area contributed by atoms with Gasteiger partial charge in [0.2, 0.25) is 0 Å². The van der Waals surface area contributed by atoms with Crippen LogP contribution in [0.2, 0.25) is 0 Å². The predicted molar refractivity (Wildman–Crippen MR) is 52.3 cm³/mol. The van der Waals surface area contributed by atoms with Gasteiger partial charge in [-0.05, 0) is 25.7 Å². The molecule has 1 rings (SSSR count). The second-order valence-corrected chi connectivity index (χ2v) is 3.79. The van der Waals surface area contributed by atoms with Gasteiger partial charge in [0.25, 0.3) is 0 Å². The molecule has 0 aromatic carbocycles. The van der Waals surface area contributed by atoms with Crippen molar-refractivity contribution < 1.29 is 9.53 Å². The van der Waals surface area contributed by atoms with Crippen molar-refractivity contribution in [3.8, 4) is 6.07 Å². The Kier molecular flexibility index (Phi) is 4.45. The second kappa shape index (κ2) is 5.64. The first-order valence-corrected chi connectivity index (χ1v) is 5.33. The molecule has 0 aliphatic heterocycles. The van der Waals surface area contributed by atoms with Crippen molar-refractivity contribution in [3.05, 3.63) is 0 Å². The van der Waals surface area contributed by atoms with E-state index >= 15 is 0 Å². The van der Waals surface area contributed by atoms with E-state index in [1.807, 2.05) is 0 Å². The Morgan fingerprint density at radius 2 is 2.21 bits per heavy atom. The zero-order valence-corrected chi connectivity index (χ0v) is 8.66. The minimum Gasteiger partial charge on any atom is -0.466 e. The molecule has 0 radical (unpaired) electrons. The molecule has 0 saturated heterocycles. The third-order valence-corrected chi connectivity index (χ3v) is 2.81. The summed E-state index contributed by atoms with van der Waals surface area (Å²) in [5, 5.41) is 8.90. The van der Waals surface area contributed by atoms with Crippen LogP contribution in [0.3, 0.4) is 0 Å². The summed E-state index contributed by atoms with van der Waals surface area (Å²) in [5.41, 5.74) is 0. The van der Waals surface area contributed by atoms with E-state index in [-0.39, 0.29) is 17.8 Å². The Morgan fingerprint density at radius 1 is 1.50 bits per heavy atom. The molecule has 0 N–H and O–H groups in total. The fraction of sp³-hybridized carbons (Fsp3) is 0.818. The van der Waals surface area contributed by atoms with Crippen molar-refractivity contribution >= 4 is 5.97 Å². The summed E-state index contributed by atoms with van der Waals surface area (Å²) in [6.07, 6.45) is 4.63. The fourth-order valence-electron chi connectivity index (χ4n) is 2.06. The molecule has 3 heteroatoms. The maximum Gasteiger partial charge on any atom is 0.306 e. The van der Waals surface area contributed by atoms with Crippen LogP contribution in [-0.4, -0.2) is 12.6 Å². The van der Waals surface area contributed by atoms with Crippen molar-refractivity contribution in [2.45, 2.75) is 39.0 Å². The summed E-state index contributed by atoms with van der Waals surface area (Å²) in [4.78, 5) is 11.2. The Morgan fingerprint density at radius 3 is 2.86 bits per heavy atom. The summed E-state index contributed by atoms with van der Waals surface area (Å²) < 4.78 is 4.89. The average molecular weight is 195 g/mol. The summed E-state index contributed by atoms with van der Waals surface area (Å²) >= 11 is 0. The van der Waals surface area contributed by atoms with Crippen molar-refractivity contribution in [1.29, 1.82) is 5.26 Å². The normalized spacial score (nSPS) is 26.6. The van der Waals surface area contributed by atoms with Gasteiger partial charge in [0, 0.05) is 12.3 Å². The molecule has 0 heterocycles. The van der Waals surface area contributed by atoms with E-state index < -0.39 is 0 Å². The molecule has 14 heavy (non-hydrogen) atoms. The van der Waals surface area contributed by atoms with E-state index in [9.17, 15) is 4.79 Å². The zero-order valence-electron chi connectivity index (χ0n) is 8.66. The van der Waals surface area contributed by atoms with Gasteiger partial charge in [0.15, 0.2) is 0 Å². The summed E-state index contributed by atoms with van der Waals surface area (Å²) in [6, 6.07) is 2.29. The van der Waals surface area contributed by atoms with E-state index in [2.05, 4.69) is 6.07 Å². The van der Waals surface area contributed by atoms with Gasteiger partial charge >= 0.3 is 5.97 Å². The quantitative estimate of drug-likeness (QED) is 0.649. The number of carbonyl (C=O) groups is 1. The Bertz CT molecular complexity index is 232. The average Bonchev–Trinajstić information content (AvgIpc) is 2.19. The molecule has 78 valence electrons.